The van der Waals surface area contributed by atoms with Crippen molar-refractivity contribution >= 4 is 57.3 Å². The van der Waals surface area contributed by atoms with E-state index < -0.39 is 0 Å². The maximum atomic E-state index is 12.1. The fraction of sp³-hybridized carbons (Fsp3) is 0.250. The molecule has 2 rings (SSSR count). The molecule has 1 heterocycles. The van der Waals surface area contributed by atoms with Gasteiger partial charge in [-0.15, -0.1) is 10.2 Å². The molecule has 106 valence electrons. The summed E-state index contributed by atoms with van der Waals surface area (Å²) < 4.78 is 0.817. The number of carbonyl (C=O) groups excluding carboxylic acids is 1. The number of rotatable bonds is 4. The Kier molecular flexibility index (Phi) is 5.26. The molecule has 0 unspecified atom stereocenters. The average molecular weight is 348 g/mol. The van der Waals surface area contributed by atoms with E-state index in [0.717, 1.165) is 4.34 Å². The molecule has 1 N–H and O–H groups in total. The highest BCUT2D eigenvalue weighted by Crippen LogP contribution is 2.29. The van der Waals surface area contributed by atoms with Crippen molar-refractivity contribution in [1.29, 1.82) is 0 Å². The van der Waals surface area contributed by atoms with Crippen LogP contribution in [0.1, 0.15) is 24.2 Å². The predicted molar refractivity (Wildman–Crippen MR) is 85.3 cm³/mol. The predicted octanol–water partition coefficient (Wildman–Crippen LogP) is 4.60. The largest absolute Gasteiger partial charge is 0.296 e. The minimum Gasteiger partial charge on any atom is -0.296 e. The first kappa shape index (κ1) is 15.6. The van der Waals surface area contributed by atoms with E-state index in [9.17, 15) is 4.79 Å². The zero-order valence-electron chi connectivity index (χ0n) is 10.7. The number of thioether (sulfide) groups is 1. The summed E-state index contributed by atoms with van der Waals surface area (Å²) in [6.45, 7) is 4.13. The molecule has 1 amide bonds. The summed E-state index contributed by atoms with van der Waals surface area (Å²) in [5, 5.41) is 12.3. The van der Waals surface area contributed by atoms with Gasteiger partial charge in [-0.2, -0.15) is 0 Å². The molecule has 1 aromatic carbocycles. The topological polar surface area (TPSA) is 54.9 Å². The van der Waals surface area contributed by atoms with Crippen LogP contribution in [0.2, 0.25) is 10.0 Å². The molecule has 0 fully saturated rings. The molecule has 0 spiro atoms. The first-order valence-electron chi connectivity index (χ1n) is 5.72. The van der Waals surface area contributed by atoms with Gasteiger partial charge in [0.15, 0.2) is 4.34 Å². The summed E-state index contributed by atoms with van der Waals surface area (Å²) in [5.74, 6) is -0.330. The van der Waals surface area contributed by atoms with Crippen LogP contribution in [-0.4, -0.2) is 21.4 Å². The Bertz CT molecular complexity index is 631. The monoisotopic (exact) mass is 347 g/mol. The maximum absolute atomic E-state index is 12.1. The maximum Gasteiger partial charge on any atom is 0.259 e. The number of aromatic nitrogens is 2. The van der Waals surface area contributed by atoms with Gasteiger partial charge in [-0.05, 0) is 18.2 Å². The van der Waals surface area contributed by atoms with Crippen LogP contribution in [0.25, 0.3) is 0 Å². The lowest BCUT2D eigenvalue weighted by molar-refractivity contribution is 0.102. The summed E-state index contributed by atoms with van der Waals surface area (Å²) in [7, 11) is 0. The van der Waals surface area contributed by atoms with E-state index in [2.05, 4.69) is 29.4 Å². The van der Waals surface area contributed by atoms with E-state index >= 15 is 0 Å². The number of nitrogens with zero attached hydrogens (tertiary/aromatic N) is 2. The van der Waals surface area contributed by atoms with Crippen molar-refractivity contribution in [1.82, 2.24) is 10.2 Å². The molecule has 0 bridgehead atoms. The van der Waals surface area contributed by atoms with Crippen LogP contribution in [0, 0.1) is 0 Å². The fourth-order valence-electron chi connectivity index (χ4n) is 1.35. The molecule has 2 aromatic rings. The molecular weight excluding hydrogens is 337 g/mol. The first-order valence-corrected chi connectivity index (χ1v) is 8.17. The standard InChI is InChI=1S/C12H11Cl2N3OS2/c1-6(2)19-12-17-16-11(20-12)15-10(18)8-4-3-7(13)5-9(8)14/h3-6H,1-2H3,(H,15,16,18). The van der Waals surface area contributed by atoms with E-state index in [1.54, 1.807) is 23.9 Å². The second-order valence-electron chi connectivity index (χ2n) is 4.12. The lowest BCUT2D eigenvalue weighted by Crippen LogP contribution is -2.12. The lowest BCUT2D eigenvalue weighted by atomic mass is 10.2. The summed E-state index contributed by atoms with van der Waals surface area (Å²) in [4.78, 5) is 12.1. The first-order chi connectivity index (χ1) is 9.45. The number of carbonyl (C=O) groups is 1. The van der Waals surface area contributed by atoms with E-state index in [4.69, 9.17) is 23.2 Å². The summed E-state index contributed by atoms with van der Waals surface area (Å²) in [6.07, 6.45) is 0. The zero-order valence-corrected chi connectivity index (χ0v) is 13.8. The van der Waals surface area contributed by atoms with Crippen LogP contribution in [-0.2, 0) is 0 Å². The number of anilines is 1. The molecule has 0 aliphatic heterocycles. The Morgan fingerprint density at radius 2 is 2.10 bits per heavy atom. The van der Waals surface area contributed by atoms with Gasteiger partial charge in [-0.1, -0.05) is 60.1 Å². The van der Waals surface area contributed by atoms with Crippen molar-refractivity contribution in [2.75, 3.05) is 5.32 Å². The molecule has 0 aliphatic rings. The normalized spacial score (nSPS) is 10.8. The number of amides is 1. The second-order valence-corrected chi connectivity index (χ2v) is 7.76. The van der Waals surface area contributed by atoms with E-state index in [1.165, 1.54) is 17.4 Å². The number of hydrogen-bond acceptors (Lipinski definition) is 5. The second kappa shape index (κ2) is 6.76. The Morgan fingerprint density at radius 1 is 1.35 bits per heavy atom. The zero-order chi connectivity index (χ0) is 14.7. The summed E-state index contributed by atoms with van der Waals surface area (Å²) >= 11 is 14.7. The van der Waals surface area contributed by atoms with Crippen molar-refractivity contribution < 1.29 is 4.79 Å². The van der Waals surface area contributed by atoms with Gasteiger partial charge in [0.1, 0.15) is 0 Å². The van der Waals surface area contributed by atoms with Crippen LogP contribution in [0.15, 0.2) is 22.5 Å². The third-order valence-electron chi connectivity index (χ3n) is 2.14. The smallest absolute Gasteiger partial charge is 0.259 e. The third-order valence-corrected chi connectivity index (χ3v) is 4.61. The quantitative estimate of drug-likeness (QED) is 0.648. The van der Waals surface area contributed by atoms with Crippen LogP contribution in [0.3, 0.4) is 0 Å². The van der Waals surface area contributed by atoms with Gasteiger partial charge < -0.3 is 0 Å². The highest BCUT2D eigenvalue weighted by Gasteiger charge is 2.14. The minimum absolute atomic E-state index is 0.302. The van der Waals surface area contributed by atoms with Crippen molar-refractivity contribution in [2.24, 2.45) is 0 Å². The van der Waals surface area contributed by atoms with Crippen LogP contribution in [0.5, 0.6) is 0 Å². The van der Waals surface area contributed by atoms with Gasteiger partial charge in [-0.3, -0.25) is 10.1 Å². The highest BCUT2D eigenvalue weighted by atomic mass is 35.5. The fourth-order valence-corrected chi connectivity index (χ4v) is 3.81. The molecule has 0 radical (unpaired) electrons. The minimum atomic E-state index is -0.330. The van der Waals surface area contributed by atoms with E-state index in [0.29, 0.717) is 26.0 Å². The van der Waals surface area contributed by atoms with Gasteiger partial charge in [-0.25, -0.2) is 0 Å². The highest BCUT2D eigenvalue weighted by molar-refractivity contribution is 8.01. The van der Waals surface area contributed by atoms with Gasteiger partial charge >= 0.3 is 0 Å². The van der Waals surface area contributed by atoms with Gasteiger partial charge in [0.2, 0.25) is 5.13 Å². The van der Waals surface area contributed by atoms with Crippen LogP contribution in [0.4, 0.5) is 5.13 Å². The van der Waals surface area contributed by atoms with Crippen LogP contribution < -0.4 is 5.32 Å². The lowest BCUT2D eigenvalue weighted by Gasteiger charge is -2.03. The third kappa shape index (κ3) is 4.09. The van der Waals surface area contributed by atoms with Crippen molar-refractivity contribution in [3.8, 4) is 0 Å². The molecule has 0 saturated carbocycles. The number of hydrogen-bond donors (Lipinski definition) is 1. The van der Waals surface area contributed by atoms with Crippen LogP contribution >= 0.6 is 46.3 Å². The van der Waals surface area contributed by atoms with E-state index in [-0.39, 0.29) is 5.91 Å². The molecule has 0 saturated heterocycles. The van der Waals surface area contributed by atoms with Gasteiger partial charge in [0.05, 0.1) is 10.6 Å². The van der Waals surface area contributed by atoms with Crippen molar-refractivity contribution in [3.05, 3.63) is 33.8 Å². The Labute approximate surface area is 134 Å². The number of benzene rings is 1. The molecule has 1 aromatic heterocycles. The average Bonchev–Trinajstić information content (AvgIpc) is 2.75. The molecule has 0 atom stereocenters. The van der Waals surface area contributed by atoms with E-state index in [1.807, 2.05) is 0 Å². The SMILES string of the molecule is CC(C)Sc1nnc(NC(=O)c2ccc(Cl)cc2Cl)s1. The summed E-state index contributed by atoms with van der Waals surface area (Å²) in [6, 6.07) is 4.71. The Balaban J connectivity index is 2.09. The molecule has 4 nitrogen and oxygen atoms in total. The van der Waals surface area contributed by atoms with Gasteiger partial charge in [0, 0.05) is 10.3 Å². The molecule has 20 heavy (non-hydrogen) atoms. The molecule has 8 heteroatoms. The molecule has 0 aliphatic carbocycles. The molecular formula is C12H11Cl2N3OS2. The van der Waals surface area contributed by atoms with Crippen molar-refractivity contribution in [3.63, 3.8) is 0 Å². The summed E-state index contributed by atoms with van der Waals surface area (Å²) in [5.41, 5.74) is 0.351. The Hall–Kier alpha value is -0.820. The number of nitrogens with one attached hydrogen (secondary N) is 1. The van der Waals surface area contributed by atoms with Gasteiger partial charge in [0.25, 0.3) is 5.91 Å². The van der Waals surface area contributed by atoms with Crippen molar-refractivity contribution in [2.45, 2.75) is 23.4 Å². The number of halogens is 2. The Morgan fingerprint density at radius 3 is 2.75 bits per heavy atom.